The van der Waals surface area contributed by atoms with E-state index in [9.17, 15) is 9.59 Å². The molecule has 3 atom stereocenters. The molecule has 1 aliphatic heterocycles. The predicted octanol–water partition coefficient (Wildman–Crippen LogP) is 5.75. The first-order valence-corrected chi connectivity index (χ1v) is 14.1. The summed E-state index contributed by atoms with van der Waals surface area (Å²) in [6.07, 6.45) is 0. The fraction of sp³-hybridized carbons (Fsp3) is 0.387. The zero-order chi connectivity index (χ0) is 29.0. The highest BCUT2D eigenvalue weighted by molar-refractivity contribution is 7.12. The van der Waals surface area contributed by atoms with Gasteiger partial charge in [0.1, 0.15) is 10.5 Å². The normalized spacial score (nSPS) is 20.5. The van der Waals surface area contributed by atoms with Crippen molar-refractivity contribution in [3.05, 3.63) is 75.2 Å². The molecule has 0 spiro atoms. The molecule has 212 valence electrons. The Bertz CT molecular complexity index is 1420. The van der Waals surface area contributed by atoms with Gasteiger partial charge in [0.15, 0.2) is 11.5 Å². The summed E-state index contributed by atoms with van der Waals surface area (Å²) in [5.41, 5.74) is 2.53. The number of aryl methyl sites for hydroxylation is 1. The second-order valence-electron chi connectivity index (χ2n) is 9.70. The number of ether oxygens (including phenoxy) is 4. The van der Waals surface area contributed by atoms with Gasteiger partial charge in [0.25, 0.3) is 0 Å². The Morgan fingerprint density at radius 2 is 1.65 bits per heavy atom. The molecule has 0 radical (unpaired) electrons. The van der Waals surface area contributed by atoms with E-state index in [0.29, 0.717) is 27.8 Å². The van der Waals surface area contributed by atoms with Gasteiger partial charge in [0.2, 0.25) is 0 Å². The van der Waals surface area contributed by atoms with Gasteiger partial charge in [-0.25, -0.2) is 9.78 Å². The molecular formula is C31H36N2O6S. The number of carbonyl (C=O) groups excluding carboxylic acids is 2. The Morgan fingerprint density at radius 3 is 2.27 bits per heavy atom. The molecule has 0 saturated heterocycles. The van der Waals surface area contributed by atoms with Gasteiger partial charge in [-0.2, -0.15) is 0 Å². The molecule has 0 fully saturated rings. The van der Waals surface area contributed by atoms with E-state index in [1.54, 1.807) is 28.1 Å². The van der Waals surface area contributed by atoms with Gasteiger partial charge in [-0.05, 0) is 58.4 Å². The maximum Gasteiger partial charge on any atom is 0.336 e. The van der Waals surface area contributed by atoms with E-state index in [4.69, 9.17) is 23.9 Å². The summed E-state index contributed by atoms with van der Waals surface area (Å²) in [4.78, 5) is 33.2. The highest BCUT2D eigenvalue weighted by atomic mass is 32.1. The molecular weight excluding hydrogens is 528 g/mol. The summed E-state index contributed by atoms with van der Waals surface area (Å²) in [7, 11) is 3.19. The van der Waals surface area contributed by atoms with Crippen LogP contribution in [0.5, 0.6) is 11.5 Å². The van der Waals surface area contributed by atoms with Gasteiger partial charge in [-0.15, -0.1) is 11.3 Å². The van der Waals surface area contributed by atoms with Crippen LogP contribution in [-0.2, 0) is 24.6 Å². The summed E-state index contributed by atoms with van der Waals surface area (Å²) in [6.45, 7) is 9.77. The fourth-order valence-electron chi connectivity index (χ4n) is 5.44. The molecule has 1 N–H and O–H groups in total. The van der Waals surface area contributed by atoms with Crippen LogP contribution >= 0.6 is 11.3 Å². The molecule has 40 heavy (non-hydrogen) atoms. The summed E-state index contributed by atoms with van der Waals surface area (Å²) in [6, 6.07) is 15.2. The van der Waals surface area contributed by atoms with Crippen molar-refractivity contribution in [1.29, 1.82) is 0 Å². The molecule has 2 heterocycles. The maximum atomic E-state index is 13.8. The lowest BCUT2D eigenvalue weighted by Gasteiger charge is -2.45. The number of hydrogen-bond donors (Lipinski definition) is 1. The third-order valence-corrected chi connectivity index (χ3v) is 8.42. The molecule has 8 nitrogen and oxygen atoms in total. The summed E-state index contributed by atoms with van der Waals surface area (Å²) < 4.78 is 22.0. The van der Waals surface area contributed by atoms with E-state index in [1.807, 2.05) is 69.3 Å². The lowest BCUT2D eigenvalue weighted by atomic mass is 9.67. The first-order valence-electron chi connectivity index (χ1n) is 13.3. The van der Waals surface area contributed by atoms with Crippen LogP contribution in [0.4, 0.5) is 0 Å². The Morgan fingerprint density at radius 1 is 0.975 bits per heavy atom. The van der Waals surface area contributed by atoms with Crippen LogP contribution in [0, 0.1) is 12.8 Å². The average molecular weight is 565 g/mol. The van der Waals surface area contributed by atoms with Crippen LogP contribution in [0.3, 0.4) is 0 Å². The number of carbonyl (C=O) groups is 2. The number of hydrogen-bond acceptors (Lipinski definition) is 9. The Kier molecular flexibility index (Phi) is 8.83. The standard InChI is InChI=1S/C31H36N2O6S/c1-8-38-28(34)24-18(3)33-31(5,26(29(35)39-9-2)25(24)20-13-11-10-12-14-20)30-32-27(19(4)40-30)21-15-16-22(36-6)23(17-21)37-7/h10-17,25-26,33H,8-9H2,1-7H3. The molecule has 1 aliphatic rings. The number of nitrogens with zero attached hydrogens (tertiary/aromatic N) is 1. The smallest absolute Gasteiger partial charge is 0.336 e. The van der Waals surface area contributed by atoms with E-state index in [0.717, 1.165) is 21.7 Å². The van der Waals surface area contributed by atoms with Crippen molar-refractivity contribution in [1.82, 2.24) is 10.3 Å². The minimum atomic E-state index is -0.989. The molecule has 3 aromatic rings. The Balaban J connectivity index is 1.92. The summed E-state index contributed by atoms with van der Waals surface area (Å²) in [5.74, 6) is -1.07. The lowest BCUT2D eigenvalue weighted by molar-refractivity contribution is -0.152. The second-order valence-corrected chi connectivity index (χ2v) is 10.9. The van der Waals surface area contributed by atoms with Crippen molar-refractivity contribution in [3.63, 3.8) is 0 Å². The van der Waals surface area contributed by atoms with Crippen molar-refractivity contribution in [2.45, 2.75) is 46.1 Å². The number of benzene rings is 2. The molecule has 4 rings (SSSR count). The van der Waals surface area contributed by atoms with E-state index < -0.39 is 29.3 Å². The SMILES string of the molecule is CCOC(=O)C1=C(C)NC(C)(c2nc(-c3ccc(OC)c(OC)c3)c(C)s2)C(C(=O)OCC)C1c1ccccc1. The average Bonchev–Trinajstić information content (AvgIpc) is 3.35. The molecule has 0 bridgehead atoms. The predicted molar refractivity (Wildman–Crippen MR) is 155 cm³/mol. The molecule has 2 aromatic carbocycles. The van der Waals surface area contributed by atoms with E-state index in [1.165, 1.54) is 11.3 Å². The Labute approximate surface area is 239 Å². The highest BCUT2D eigenvalue weighted by Crippen LogP contribution is 2.50. The highest BCUT2D eigenvalue weighted by Gasteiger charge is 2.54. The molecule has 9 heteroatoms. The number of thiazole rings is 1. The molecule has 3 unspecified atom stereocenters. The summed E-state index contributed by atoms with van der Waals surface area (Å²) >= 11 is 1.50. The molecule has 0 aliphatic carbocycles. The van der Waals surface area contributed by atoms with Crippen molar-refractivity contribution < 1.29 is 28.5 Å². The van der Waals surface area contributed by atoms with Gasteiger partial charge in [-0.3, -0.25) is 4.79 Å². The van der Waals surface area contributed by atoms with E-state index >= 15 is 0 Å². The number of nitrogens with one attached hydrogen (secondary N) is 1. The molecule has 1 aromatic heterocycles. The third kappa shape index (κ3) is 5.30. The fourth-order valence-corrected chi connectivity index (χ4v) is 6.51. The maximum absolute atomic E-state index is 13.8. The van der Waals surface area contributed by atoms with E-state index in [-0.39, 0.29) is 13.2 Å². The van der Waals surface area contributed by atoms with Crippen LogP contribution in [0.25, 0.3) is 11.3 Å². The van der Waals surface area contributed by atoms with Gasteiger partial charge in [0.05, 0.1) is 44.6 Å². The van der Waals surface area contributed by atoms with Crippen molar-refractivity contribution in [3.8, 4) is 22.8 Å². The first-order chi connectivity index (χ1) is 19.2. The molecule has 0 amide bonds. The third-order valence-electron chi connectivity index (χ3n) is 7.21. The van der Waals surface area contributed by atoms with Crippen LogP contribution < -0.4 is 14.8 Å². The van der Waals surface area contributed by atoms with E-state index in [2.05, 4.69) is 5.32 Å². The zero-order valence-electron chi connectivity index (χ0n) is 24.0. The number of allylic oxidation sites excluding steroid dienone is 1. The van der Waals surface area contributed by atoms with Crippen molar-refractivity contribution in [2.24, 2.45) is 5.92 Å². The van der Waals surface area contributed by atoms with Gasteiger partial charge >= 0.3 is 11.9 Å². The number of methoxy groups -OCH3 is 2. The van der Waals surface area contributed by atoms with Gasteiger partial charge in [0, 0.05) is 22.1 Å². The Hall–Kier alpha value is -3.85. The minimum Gasteiger partial charge on any atom is -0.493 e. The number of esters is 2. The lowest BCUT2D eigenvalue weighted by Crippen LogP contribution is -2.55. The van der Waals surface area contributed by atoms with Crippen molar-refractivity contribution in [2.75, 3.05) is 27.4 Å². The number of rotatable bonds is 9. The first kappa shape index (κ1) is 29.1. The summed E-state index contributed by atoms with van der Waals surface area (Å²) in [5, 5.41) is 4.21. The monoisotopic (exact) mass is 564 g/mol. The van der Waals surface area contributed by atoms with Crippen LogP contribution in [0.15, 0.2) is 59.8 Å². The number of aromatic nitrogens is 1. The minimum absolute atomic E-state index is 0.206. The van der Waals surface area contributed by atoms with Crippen LogP contribution in [-0.4, -0.2) is 44.4 Å². The van der Waals surface area contributed by atoms with Crippen LogP contribution in [0.1, 0.15) is 49.1 Å². The molecule has 0 saturated carbocycles. The largest absolute Gasteiger partial charge is 0.493 e. The zero-order valence-corrected chi connectivity index (χ0v) is 24.8. The topological polar surface area (TPSA) is 96.0 Å². The van der Waals surface area contributed by atoms with Crippen LogP contribution in [0.2, 0.25) is 0 Å². The quantitative estimate of drug-likeness (QED) is 0.328. The van der Waals surface area contributed by atoms with Crippen molar-refractivity contribution >= 4 is 23.3 Å². The van der Waals surface area contributed by atoms with Gasteiger partial charge < -0.3 is 24.3 Å². The van der Waals surface area contributed by atoms with Gasteiger partial charge in [-0.1, -0.05) is 30.3 Å². The second kappa shape index (κ2) is 12.1.